The normalized spacial score (nSPS) is 39.0. The largest absolute Gasteiger partial charge is 0.327 e. The van der Waals surface area contributed by atoms with Gasteiger partial charge in [0.1, 0.15) is 0 Å². The van der Waals surface area contributed by atoms with Gasteiger partial charge in [-0.3, -0.25) is 4.90 Å². The van der Waals surface area contributed by atoms with Gasteiger partial charge in [-0.1, -0.05) is 6.42 Å². The van der Waals surface area contributed by atoms with Crippen molar-refractivity contribution < 1.29 is 0 Å². The molecule has 1 aromatic heterocycles. The minimum atomic E-state index is 0.467. The molecule has 1 saturated heterocycles. The summed E-state index contributed by atoms with van der Waals surface area (Å²) in [5.41, 5.74) is 8.00. The summed E-state index contributed by atoms with van der Waals surface area (Å²) in [6.07, 6.45) is 8.06. The Morgan fingerprint density at radius 2 is 2.11 bits per heavy atom. The third kappa shape index (κ3) is 2.07. The summed E-state index contributed by atoms with van der Waals surface area (Å²) in [6.45, 7) is 2.56. The quantitative estimate of drug-likeness (QED) is 0.853. The molecule has 19 heavy (non-hydrogen) atoms. The number of aryl methyl sites for hydroxylation is 1. The molecule has 2 fully saturated rings. The highest BCUT2D eigenvalue weighted by molar-refractivity contribution is 7.10. The summed E-state index contributed by atoms with van der Waals surface area (Å²) in [5, 5.41) is 2.29. The number of nitrogens with two attached hydrogens (primary N) is 1. The van der Waals surface area contributed by atoms with Crippen molar-refractivity contribution in [2.24, 2.45) is 17.6 Å². The van der Waals surface area contributed by atoms with E-state index in [0.29, 0.717) is 12.1 Å². The summed E-state index contributed by atoms with van der Waals surface area (Å²) in [4.78, 5) is 4.42. The zero-order valence-corrected chi connectivity index (χ0v) is 12.4. The topological polar surface area (TPSA) is 29.3 Å². The molecule has 1 aliphatic heterocycles. The molecule has 4 unspecified atom stereocenters. The van der Waals surface area contributed by atoms with Crippen molar-refractivity contribution in [3.8, 4) is 0 Å². The van der Waals surface area contributed by atoms with Gasteiger partial charge in [0.15, 0.2) is 0 Å². The van der Waals surface area contributed by atoms with E-state index >= 15 is 0 Å². The Hall–Kier alpha value is -0.380. The van der Waals surface area contributed by atoms with Crippen LogP contribution in [0.15, 0.2) is 11.4 Å². The first-order valence-electron chi connectivity index (χ1n) is 7.89. The molecule has 0 bridgehead atoms. The van der Waals surface area contributed by atoms with Crippen LogP contribution in [0.25, 0.3) is 0 Å². The lowest BCUT2D eigenvalue weighted by atomic mass is 9.78. The fourth-order valence-electron chi connectivity index (χ4n) is 4.65. The Balaban J connectivity index is 1.56. The van der Waals surface area contributed by atoms with Gasteiger partial charge in [0.25, 0.3) is 0 Å². The number of hydrogen-bond acceptors (Lipinski definition) is 3. The van der Waals surface area contributed by atoms with Crippen molar-refractivity contribution in [2.75, 3.05) is 13.1 Å². The van der Waals surface area contributed by atoms with Gasteiger partial charge in [-0.25, -0.2) is 0 Å². The van der Waals surface area contributed by atoms with E-state index < -0.39 is 0 Å². The van der Waals surface area contributed by atoms with Crippen LogP contribution in [0.1, 0.15) is 48.6 Å². The Kier molecular flexibility index (Phi) is 3.17. The monoisotopic (exact) mass is 276 g/mol. The molecule has 0 amide bonds. The second kappa shape index (κ2) is 4.87. The lowest BCUT2D eigenvalue weighted by Crippen LogP contribution is -2.38. The van der Waals surface area contributed by atoms with E-state index in [1.165, 1.54) is 51.6 Å². The molecule has 2 heterocycles. The van der Waals surface area contributed by atoms with Gasteiger partial charge in [0.2, 0.25) is 0 Å². The molecule has 104 valence electrons. The summed E-state index contributed by atoms with van der Waals surface area (Å²) < 4.78 is 0. The van der Waals surface area contributed by atoms with E-state index in [-0.39, 0.29) is 0 Å². The third-order valence-electron chi connectivity index (χ3n) is 5.64. The van der Waals surface area contributed by atoms with E-state index in [1.54, 1.807) is 10.4 Å². The van der Waals surface area contributed by atoms with Crippen LogP contribution in [-0.2, 0) is 6.42 Å². The molecule has 3 aliphatic rings. The number of rotatable bonds is 1. The first-order chi connectivity index (χ1) is 9.33. The maximum Gasteiger partial charge on any atom is 0.0359 e. The van der Waals surface area contributed by atoms with Crippen LogP contribution in [0, 0.1) is 11.8 Å². The Labute approximate surface area is 120 Å². The van der Waals surface area contributed by atoms with Crippen molar-refractivity contribution in [1.82, 2.24) is 4.90 Å². The van der Waals surface area contributed by atoms with E-state index in [9.17, 15) is 0 Å². The number of hydrogen-bond donors (Lipinski definition) is 1. The smallest absolute Gasteiger partial charge is 0.0359 e. The summed E-state index contributed by atoms with van der Waals surface area (Å²) in [6, 6.07) is 3.55. The maximum atomic E-state index is 6.36. The van der Waals surface area contributed by atoms with Crippen LogP contribution in [0.5, 0.6) is 0 Å². The fraction of sp³-hybridized carbons (Fsp3) is 0.750. The molecule has 0 aromatic carbocycles. The zero-order valence-electron chi connectivity index (χ0n) is 11.6. The standard InChI is InChI=1S/C16H24N2S/c17-14-4-1-3-11-9-18(10-13(11)14)15-5-2-6-16-12(15)7-8-19-16/h7-8,11,13-15H,1-6,9-10,17H2. The zero-order chi connectivity index (χ0) is 12.8. The second-order valence-electron chi connectivity index (χ2n) is 6.68. The molecule has 2 N–H and O–H groups in total. The number of nitrogens with zero attached hydrogens (tertiary/aromatic N) is 1. The Morgan fingerprint density at radius 3 is 3.00 bits per heavy atom. The summed E-state index contributed by atoms with van der Waals surface area (Å²) in [7, 11) is 0. The molecule has 2 aliphatic carbocycles. The van der Waals surface area contributed by atoms with E-state index in [1.807, 2.05) is 11.3 Å². The molecule has 0 spiro atoms. The SMILES string of the molecule is NC1CCCC2CN(C3CCCc4sccc43)CC12. The van der Waals surface area contributed by atoms with Crippen molar-refractivity contribution in [3.05, 3.63) is 21.9 Å². The van der Waals surface area contributed by atoms with Crippen molar-refractivity contribution in [3.63, 3.8) is 0 Å². The highest BCUT2D eigenvalue weighted by Gasteiger charge is 2.41. The van der Waals surface area contributed by atoms with Crippen molar-refractivity contribution in [1.29, 1.82) is 0 Å². The first-order valence-corrected chi connectivity index (χ1v) is 8.77. The predicted molar refractivity (Wildman–Crippen MR) is 80.4 cm³/mol. The van der Waals surface area contributed by atoms with Crippen LogP contribution >= 0.6 is 11.3 Å². The minimum absolute atomic E-state index is 0.467. The van der Waals surface area contributed by atoms with E-state index in [2.05, 4.69) is 16.3 Å². The third-order valence-corrected chi connectivity index (χ3v) is 6.64. The van der Waals surface area contributed by atoms with Crippen LogP contribution in [0.2, 0.25) is 0 Å². The Morgan fingerprint density at radius 1 is 1.16 bits per heavy atom. The summed E-state index contributed by atoms with van der Waals surface area (Å²) >= 11 is 1.96. The van der Waals surface area contributed by atoms with Gasteiger partial charge in [-0.15, -0.1) is 11.3 Å². The van der Waals surface area contributed by atoms with Gasteiger partial charge in [-0.2, -0.15) is 0 Å². The highest BCUT2D eigenvalue weighted by Crippen LogP contribution is 2.43. The van der Waals surface area contributed by atoms with Crippen LogP contribution < -0.4 is 5.73 Å². The first kappa shape index (κ1) is 12.4. The average molecular weight is 276 g/mol. The van der Waals surface area contributed by atoms with Crippen LogP contribution in [0.4, 0.5) is 0 Å². The average Bonchev–Trinajstić information content (AvgIpc) is 3.05. The molecule has 3 heteroatoms. The molecule has 1 aromatic rings. The van der Waals surface area contributed by atoms with Crippen LogP contribution in [0.3, 0.4) is 0 Å². The van der Waals surface area contributed by atoms with E-state index in [0.717, 1.165) is 11.8 Å². The molecule has 4 atom stereocenters. The molecular formula is C16H24N2S. The van der Waals surface area contributed by atoms with Gasteiger partial charge in [0, 0.05) is 30.1 Å². The lowest BCUT2D eigenvalue weighted by Gasteiger charge is -2.32. The van der Waals surface area contributed by atoms with Gasteiger partial charge >= 0.3 is 0 Å². The molecule has 2 nitrogen and oxygen atoms in total. The second-order valence-corrected chi connectivity index (χ2v) is 7.68. The molecule has 1 saturated carbocycles. The van der Waals surface area contributed by atoms with Gasteiger partial charge in [0.05, 0.1) is 0 Å². The number of thiophene rings is 1. The lowest BCUT2D eigenvalue weighted by molar-refractivity contribution is 0.210. The van der Waals surface area contributed by atoms with Gasteiger partial charge in [-0.05, 0) is 60.9 Å². The minimum Gasteiger partial charge on any atom is -0.327 e. The number of likely N-dealkylation sites (tertiary alicyclic amines) is 1. The van der Waals surface area contributed by atoms with Crippen molar-refractivity contribution >= 4 is 11.3 Å². The molecule has 4 rings (SSSR count). The maximum absolute atomic E-state index is 6.36. The molecule has 0 radical (unpaired) electrons. The predicted octanol–water partition coefficient (Wildman–Crippen LogP) is 3.18. The van der Waals surface area contributed by atoms with Crippen molar-refractivity contribution in [2.45, 2.75) is 50.6 Å². The number of fused-ring (bicyclic) bond motifs is 2. The van der Waals surface area contributed by atoms with Gasteiger partial charge < -0.3 is 5.73 Å². The fourth-order valence-corrected chi connectivity index (χ4v) is 5.63. The van der Waals surface area contributed by atoms with Crippen LogP contribution in [-0.4, -0.2) is 24.0 Å². The Bertz CT molecular complexity index is 455. The highest BCUT2D eigenvalue weighted by atomic mass is 32.1. The summed E-state index contributed by atoms with van der Waals surface area (Å²) in [5.74, 6) is 1.66. The molecular weight excluding hydrogens is 252 g/mol. The van der Waals surface area contributed by atoms with E-state index in [4.69, 9.17) is 5.73 Å².